The Bertz CT molecular complexity index is 1610. The lowest BCUT2D eigenvalue weighted by molar-refractivity contribution is -0.0285. The average Bonchev–Trinajstić information content (AvgIpc) is 3.64. The highest BCUT2D eigenvalue weighted by atomic mass is 32.2. The Labute approximate surface area is 235 Å². The number of nitrogens with two attached hydrogens (primary N) is 1. The molecule has 4 heterocycles. The zero-order valence-corrected chi connectivity index (χ0v) is 24.8. The molecule has 2 aliphatic rings. The highest BCUT2D eigenvalue weighted by Gasteiger charge is 2.63. The maximum atomic E-state index is 12.6. The number of cyclic esters (lactones) is 1. The summed E-state index contributed by atoms with van der Waals surface area (Å²) in [5, 5.41) is 4.22. The van der Waals surface area contributed by atoms with Gasteiger partial charge in [-0.15, -0.1) is 0 Å². The van der Waals surface area contributed by atoms with Gasteiger partial charge < -0.3 is 20.5 Å². The van der Waals surface area contributed by atoms with Gasteiger partial charge in [-0.25, -0.2) is 28.2 Å². The molecule has 40 heavy (non-hydrogen) atoms. The van der Waals surface area contributed by atoms with Gasteiger partial charge in [-0.2, -0.15) is 0 Å². The Kier molecular flexibility index (Phi) is 6.61. The fraction of sp³-hybridized carbons (Fsp3) is 0.517. The van der Waals surface area contributed by atoms with Crippen molar-refractivity contribution in [3.8, 4) is 5.88 Å². The third-order valence-corrected chi connectivity index (χ3v) is 9.87. The maximum Gasteiger partial charge on any atom is 0.340 e. The Morgan fingerprint density at radius 2 is 1.82 bits per heavy atom. The number of fused-ring (bicyclic) bond motifs is 3. The van der Waals surface area contributed by atoms with Gasteiger partial charge in [0.25, 0.3) is 0 Å². The molecule has 5 rings (SSSR count). The number of ether oxygens (including phenoxy) is 2. The van der Waals surface area contributed by atoms with E-state index in [2.05, 4.69) is 15.3 Å². The molecule has 3 aromatic heterocycles. The standard InChI is InChI=1S/C29H37N5O5S/c1-16(12-17(2)40(7,36)37)38-25-20-14-31-23(13-19(20)21(15-32-25)27(3,4)30)33-22-9-8-18-24(34-22)29(10-11-29)28(5,6)39-26(18)35/h8-9,13-17H,10-12,30H2,1-7H3,(H,31,33,34)/t16-,17-/m1/s1. The van der Waals surface area contributed by atoms with Crippen molar-refractivity contribution >= 4 is 38.2 Å². The van der Waals surface area contributed by atoms with E-state index in [1.807, 2.05) is 40.7 Å². The fourth-order valence-electron chi connectivity index (χ4n) is 5.49. The van der Waals surface area contributed by atoms with Crippen molar-refractivity contribution in [2.75, 3.05) is 11.6 Å². The van der Waals surface area contributed by atoms with E-state index in [4.69, 9.17) is 20.2 Å². The summed E-state index contributed by atoms with van der Waals surface area (Å²) in [4.78, 5) is 26.6. The number of nitrogens with one attached hydrogen (secondary N) is 1. The molecule has 1 aliphatic carbocycles. The monoisotopic (exact) mass is 567 g/mol. The van der Waals surface area contributed by atoms with Gasteiger partial charge in [0.2, 0.25) is 5.88 Å². The first-order valence-corrected chi connectivity index (χ1v) is 15.4. The Morgan fingerprint density at radius 1 is 1.12 bits per heavy atom. The summed E-state index contributed by atoms with van der Waals surface area (Å²) in [5.74, 6) is 1.13. The highest BCUT2D eigenvalue weighted by Crippen LogP contribution is 2.59. The van der Waals surface area contributed by atoms with Crippen LogP contribution in [-0.2, 0) is 25.5 Å². The summed E-state index contributed by atoms with van der Waals surface area (Å²) in [6.45, 7) is 11.2. The quantitative estimate of drug-likeness (QED) is 0.372. The zero-order chi connectivity index (χ0) is 29.3. The normalized spacial score (nSPS) is 19.1. The first-order valence-electron chi connectivity index (χ1n) is 13.5. The largest absolute Gasteiger partial charge is 0.474 e. The number of rotatable bonds is 8. The predicted octanol–water partition coefficient (Wildman–Crippen LogP) is 4.53. The number of carbonyl (C=O) groups excluding carboxylic acids is 1. The lowest BCUT2D eigenvalue weighted by Gasteiger charge is -2.39. The highest BCUT2D eigenvalue weighted by molar-refractivity contribution is 7.91. The van der Waals surface area contributed by atoms with Crippen molar-refractivity contribution in [2.45, 2.75) is 88.7 Å². The van der Waals surface area contributed by atoms with Crippen LogP contribution in [0.1, 0.15) is 82.4 Å². The van der Waals surface area contributed by atoms with Crippen molar-refractivity contribution in [2.24, 2.45) is 5.73 Å². The summed E-state index contributed by atoms with van der Waals surface area (Å²) in [7, 11) is -3.18. The number of hydrogen-bond acceptors (Lipinski definition) is 10. The second-order valence-corrected chi connectivity index (χ2v) is 14.8. The predicted molar refractivity (Wildman–Crippen MR) is 154 cm³/mol. The van der Waals surface area contributed by atoms with Crippen LogP contribution < -0.4 is 15.8 Å². The third kappa shape index (κ3) is 5.01. The van der Waals surface area contributed by atoms with E-state index in [0.717, 1.165) is 29.5 Å². The molecule has 1 spiro atoms. The number of hydrogen-bond donors (Lipinski definition) is 2. The molecule has 0 bridgehead atoms. The summed E-state index contributed by atoms with van der Waals surface area (Å²) in [5.41, 5.74) is 6.98. The van der Waals surface area contributed by atoms with Crippen LogP contribution in [0.25, 0.3) is 10.8 Å². The molecule has 0 saturated heterocycles. The van der Waals surface area contributed by atoms with Crippen LogP contribution in [0.3, 0.4) is 0 Å². The van der Waals surface area contributed by atoms with E-state index in [-0.39, 0.29) is 17.5 Å². The average molecular weight is 568 g/mol. The molecule has 1 aliphatic heterocycles. The molecule has 0 amide bonds. The van der Waals surface area contributed by atoms with Gasteiger partial charge in [0, 0.05) is 30.6 Å². The van der Waals surface area contributed by atoms with Crippen LogP contribution in [0, 0.1) is 0 Å². The maximum absolute atomic E-state index is 12.6. The Morgan fingerprint density at radius 3 is 2.45 bits per heavy atom. The van der Waals surface area contributed by atoms with E-state index in [1.54, 1.807) is 31.5 Å². The van der Waals surface area contributed by atoms with Crippen LogP contribution in [0.2, 0.25) is 0 Å². The van der Waals surface area contributed by atoms with Gasteiger partial charge in [-0.3, -0.25) is 0 Å². The van der Waals surface area contributed by atoms with Gasteiger partial charge in [0.1, 0.15) is 27.1 Å². The minimum absolute atomic E-state index is 0.273. The molecule has 0 aromatic carbocycles. The van der Waals surface area contributed by atoms with E-state index in [9.17, 15) is 13.2 Å². The Balaban J connectivity index is 1.49. The van der Waals surface area contributed by atoms with Crippen molar-refractivity contribution in [3.63, 3.8) is 0 Å². The van der Waals surface area contributed by atoms with Crippen LogP contribution in [0.15, 0.2) is 30.6 Å². The molecule has 0 unspecified atom stereocenters. The smallest absolute Gasteiger partial charge is 0.340 e. The van der Waals surface area contributed by atoms with Crippen LogP contribution in [-0.4, -0.2) is 52.5 Å². The summed E-state index contributed by atoms with van der Waals surface area (Å²) >= 11 is 0. The van der Waals surface area contributed by atoms with Crippen molar-refractivity contribution in [1.82, 2.24) is 15.0 Å². The second-order valence-electron chi connectivity index (χ2n) is 12.3. The van der Waals surface area contributed by atoms with E-state index in [0.29, 0.717) is 34.9 Å². The van der Waals surface area contributed by atoms with Crippen LogP contribution >= 0.6 is 0 Å². The molecule has 11 heteroatoms. The number of carbonyl (C=O) groups is 1. The first kappa shape index (κ1) is 28.2. The van der Waals surface area contributed by atoms with E-state index < -0.39 is 26.2 Å². The summed E-state index contributed by atoms with van der Waals surface area (Å²) in [6, 6.07) is 5.39. The van der Waals surface area contributed by atoms with E-state index in [1.165, 1.54) is 6.26 Å². The minimum Gasteiger partial charge on any atom is -0.474 e. The van der Waals surface area contributed by atoms with Gasteiger partial charge >= 0.3 is 5.97 Å². The molecule has 3 N–H and O–H groups in total. The van der Waals surface area contributed by atoms with Crippen LogP contribution in [0.5, 0.6) is 5.88 Å². The van der Waals surface area contributed by atoms with Crippen LogP contribution in [0.4, 0.5) is 11.6 Å². The number of aromatic nitrogens is 3. The molecule has 3 aromatic rings. The SMILES string of the molecule is C[C@H](C[C@@H](C)S(C)(=O)=O)Oc1ncc(C(C)(C)N)c2cc(Nc3ccc4c(n3)C3(CC3)C(C)(C)OC4=O)ncc12. The van der Waals surface area contributed by atoms with Crippen molar-refractivity contribution in [1.29, 1.82) is 0 Å². The molecule has 1 saturated carbocycles. The third-order valence-electron chi connectivity index (χ3n) is 8.21. The molecule has 214 valence electrons. The number of anilines is 2. The Hall–Kier alpha value is -3.31. The molecule has 10 nitrogen and oxygen atoms in total. The van der Waals surface area contributed by atoms with Gasteiger partial charge in [-0.1, -0.05) is 0 Å². The fourth-order valence-corrected chi connectivity index (χ4v) is 6.11. The zero-order valence-electron chi connectivity index (χ0n) is 24.0. The van der Waals surface area contributed by atoms with Gasteiger partial charge in [0.05, 0.1) is 33.4 Å². The minimum atomic E-state index is -3.18. The molecular formula is C29H37N5O5S. The number of pyridine rings is 3. The number of sulfone groups is 1. The lowest BCUT2D eigenvalue weighted by Crippen LogP contribution is -2.46. The molecule has 0 radical (unpaired) electrons. The lowest BCUT2D eigenvalue weighted by atomic mass is 9.80. The van der Waals surface area contributed by atoms with Gasteiger partial charge in [-0.05, 0) is 83.5 Å². The molecule has 1 fully saturated rings. The topological polar surface area (TPSA) is 146 Å². The van der Waals surface area contributed by atoms with Gasteiger partial charge in [0.15, 0.2) is 0 Å². The second kappa shape index (κ2) is 9.37. The van der Waals surface area contributed by atoms with E-state index >= 15 is 0 Å². The summed E-state index contributed by atoms with van der Waals surface area (Å²) < 4.78 is 35.7. The van der Waals surface area contributed by atoms with Crippen molar-refractivity contribution in [3.05, 3.63) is 47.4 Å². The number of esters is 1. The molecule has 2 atom stereocenters. The van der Waals surface area contributed by atoms with Crippen molar-refractivity contribution < 1.29 is 22.7 Å². The first-order chi connectivity index (χ1) is 18.5. The summed E-state index contributed by atoms with van der Waals surface area (Å²) in [6.07, 6.45) is 6.35. The number of nitrogens with zero attached hydrogens (tertiary/aromatic N) is 3. The molecular weight excluding hydrogens is 530 g/mol.